The number of alkyl halides is 1. The third-order valence-electron chi connectivity index (χ3n) is 6.60. The Morgan fingerprint density at radius 1 is 0.889 bits per heavy atom. The van der Waals surface area contributed by atoms with E-state index in [4.69, 9.17) is 18.9 Å². The fourth-order valence-electron chi connectivity index (χ4n) is 4.55. The third-order valence-corrected chi connectivity index (χ3v) is 6.60. The molecule has 2 unspecified atom stereocenters. The van der Waals surface area contributed by atoms with Gasteiger partial charge in [-0.25, -0.2) is 4.39 Å². The predicted molar refractivity (Wildman–Crippen MR) is 130 cm³/mol. The maximum absolute atomic E-state index is 14.8. The molecular formula is C28H31FO7. The summed E-state index contributed by atoms with van der Waals surface area (Å²) in [5, 5.41) is 32.7. The largest absolute Gasteiger partial charge is 0.497 e. The molecule has 1 aliphatic rings. The van der Waals surface area contributed by atoms with Crippen LogP contribution in [0, 0.1) is 0 Å². The molecule has 1 fully saturated rings. The van der Waals surface area contributed by atoms with Crippen LogP contribution in [0.15, 0.2) is 84.9 Å². The van der Waals surface area contributed by atoms with Gasteiger partial charge in [0.05, 0.1) is 13.7 Å². The van der Waals surface area contributed by atoms with Crippen LogP contribution in [0.2, 0.25) is 0 Å². The SMILES string of the molecule is COc1ccc(C(OC(c2ccccc2)c2ccccc2)C(O)[C@@]2(CO)O[C@@H](OC)[C@@H](F)[C@@H]2O)cc1. The summed E-state index contributed by atoms with van der Waals surface area (Å²) in [5.74, 6) is 0.590. The molecule has 3 N–H and O–H groups in total. The zero-order valence-corrected chi connectivity index (χ0v) is 20.1. The van der Waals surface area contributed by atoms with E-state index in [-0.39, 0.29) is 0 Å². The fraction of sp³-hybridized carbons (Fsp3) is 0.357. The number of hydrogen-bond acceptors (Lipinski definition) is 7. The minimum Gasteiger partial charge on any atom is -0.497 e. The zero-order valence-electron chi connectivity index (χ0n) is 20.1. The zero-order chi connectivity index (χ0) is 25.7. The van der Waals surface area contributed by atoms with Gasteiger partial charge in [0.25, 0.3) is 0 Å². The first kappa shape index (κ1) is 26.2. The van der Waals surface area contributed by atoms with Gasteiger partial charge in [0, 0.05) is 7.11 Å². The summed E-state index contributed by atoms with van der Waals surface area (Å²) in [6, 6.07) is 25.7. The second kappa shape index (κ2) is 11.5. The molecule has 0 aromatic heterocycles. The van der Waals surface area contributed by atoms with Crippen LogP contribution >= 0.6 is 0 Å². The standard InChI is InChI=1S/C28H31FO7/c1-33-21-15-13-20(14-16-21)24(26(32)28(17-30)25(31)22(29)27(34-2)36-28)35-23(18-9-5-3-6-10-18)19-11-7-4-8-12-19/h3-16,22-27,30-32H,17H2,1-2H3/t22-,24?,25-,26?,27+,28-/m0/s1. The summed E-state index contributed by atoms with van der Waals surface area (Å²) in [6.07, 6.45) is -8.77. The van der Waals surface area contributed by atoms with Gasteiger partial charge in [0.15, 0.2) is 18.1 Å². The summed E-state index contributed by atoms with van der Waals surface area (Å²) in [7, 11) is 2.76. The number of halogens is 1. The number of aliphatic hydroxyl groups is 3. The average Bonchev–Trinajstić information content (AvgIpc) is 3.20. The van der Waals surface area contributed by atoms with Crippen LogP contribution in [-0.4, -0.2) is 66.4 Å². The van der Waals surface area contributed by atoms with Crippen molar-refractivity contribution in [3.8, 4) is 5.75 Å². The van der Waals surface area contributed by atoms with E-state index in [9.17, 15) is 19.7 Å². The lowest BCUT2D eigenvalue weighted by molar-refractivity contribution is -0.242. The van der Waals surface area contributed by atoms with E-state index in [0.717, 1.165) is 11.1 Å². The van der Waals surface area contributed by atoms with Crippen molar-refractivity contribution in [1.29, 1.82) is 0 Å². The maximum Gasteiger partial charge on any atom is 0.192 e. The van der Waals surface area contributed by atoms with E-state index < -0.39 is 49.1 Å². The molecule has 0 bridgehead atoms. The molecule has 3 aromatic rings. The summed E-state index contributed by atoms with van der Waals surface area (Å²) in [4.78, 5) is 0. The minimum atomic E-state index is -2.09. The molecule has 3 aromatic carbocycles. The molecule has 8 heteroatoms. The van der Waals surface area contributed by atoms with Crippen molar-refractivity contribution in [2.75, 3.05) is 20.8 Å². The van der Waals surface area contributed by atoms with Crippen molar-refractivity contribution in [2.24, 2.45) is 0 Å². The first-order valence-corrected chi connectivity index (χ1v) is 11.7. The Bertz CT molecular complexity index is 1040. The van der Waals surface area contributed by atoms with E-state index >= 15 is 0 Å². The van der Waals surface area contributed by atoms with Gasteiger partial charge in [0.1, 0.15) is 30.2 Å². The van der Waals surface area contributed by atoms with Gasteiger partial charge in [-0.2, -0.15) is 0 Å². The Hall–Kier alpha value is -2.85. The molecule has 0 spiro atoms. The molecule has 192 valence electrons. The number of methoxy groups -OCH3 is 2. The Morgan fingerprint density at radius 3 is 1.89 bits per heavy atom. The molecule has 1 aliphatic heterocycles. The first-order valence-electron chi connectivity index (χ1n) is 11.7. The van der Waals surface area contributed by atoms with Gasteiger partial charge >= 0.3 is 0 Å². The summed E-state index contributed by atoms with van der Waals surface area (Å²) < 4.78 is 37.3. The Morgan fingerprint density at radius 2 is 1.44 bits per heavy atom. The van der Waals surface area contributed by atoms with Crippen molar-refractivity contribution in [3.05, 3.63) is 102 Å². The second-order valence-corrected chi connectivity index (χ2v) is 8.70. The fourth-order valence-corrected chi connectivity index (χ4v) is 4.55. The van der Waals surface area contributed by atoms with Crippen LogP contribution < -0.4 is 4.74 Å². The third kappa shape index (κ3) is 5.01. The van der Waals surface area contributed by atoms with E-state index in [1.165, 1.54) is 14.2 Å². The molecule has 0 radical (unpaired) electrons. The van der Waals surface area contributed by atoms with Gasteiger partial charge in [-0.05, 0) is 28.8 Å². The van der Waals surface area contributed by atoms with E-state index in [1.807, 2.05) is 60.7 Å². The highest BCUT2D eigenvalue weighted by molar-refractivity contribution is 5.33. The second-order valence-electron chi connectivity index (χ2n) is 8.70. The van der Waals surface area contributed by atoms with E-state index in [2.05, 4.69) is 0 Å². The molecule has 1 saturated heterocycles. The number of hydrogen-bond donors (Lipinski definition) is 3. The number of aliphatic hydroxyl groups excluding tert-OH is 3. The van der Waals surface area contributed by atoms with Crippen molar-refractivity contribution in [2.45, 2.75) is 42.5 Å². The smallest absolute Gasteiger partial charge is 0.192 e. The highest BCUT2D eigenvalue weighted by atomic mass is 19.1. The number of ether oxygens (including phenoxy) is 4. The van der Waals surface area contributed by atoms with Gasteiger partial charge in [-0.15, -0.1) is 0 Å². The topological polar surface area (TPSA) is 97.6 Å². The molecule has 1 heterocycles. The van der Waals surface area contributed by atoms with Crippen LogP contribution in [-0.2, 0) is 14.2 Å². The average molecular weight is 499 g/mol. The lowest BCUT2D eigenvalue weighted by Crippen LogP contribution is -2.57. The molecule has 0 saturated carbocycles. The van der Waals surface area contributed by atoms with Crippen LogP contribution in [0.4, 0.5) is 4.39 Å². The van der Waals surface area contributed by atoms with Crippen LogP contribution in [0.1, 0.15) is 28.9 Å². The van der Waals surface area contributed by atoms with E-state index in [1.54, 1.807) is 24.3 Å². The Balaban J connectivity index is 1.79. The van der Waals surface area contributed by atoms with Gasteiger partial charge in [0.2, 0.25) is 0 Å². The van der Waals surface area contributed by atoms with Gasteiger partial charge in [-0.3, -0.25) is 0 Å². The first-order chi connectivity index (χ1) is 17.4. The lowest BCUT2D eigenvalue weighted by Gasteiger charge is -2.40. The minimum absolute atomic E-state index is 0.514. The molecule has 7 nitrogen and oxygen atoms in total. The molecule has 0 aliphatic carbocycles. The Labute approximate surface area is 209 Å². The highest BCUT2D eigenvalue weighted by Gasteiger charge is 2.61. The molecule has 4 rings (SSSR count). The highest BCUT2D eigenvalue weighted by Crippen LogP contribution is 2.43. The monoisotopic (exact) mass is 498 g/mol. The van der Waals surface area contributed by atoms with Gasteiger partial charge < -0.3 is 34.3 Å². The summed E-state index contributed by atoms with van der Waals surface area (Å²) in [5.41, 5.74) is 0.0554. The van der Waals surface area contributed by atoms with Crippen LogP contribution in [0.3, 0.4) is 0 Å². The quantitative estimate of drug-likeness (QED) is 0.395. The van der Waals surface area contributed by atoms with Crippen molar-refractivity contribution >= 4 is 0 Å². The normalized spacial score (nSPS) is 25.6. The van der Waals surface area contributed by atoms with Gasteiger partial charge in [-0.1, -0.05) is 72.8 Å². The van der Waals surface area contributed by atoms with Crippen LogP contribution in [0.5, 0.6) is 5.75 Å². The van der Waals surface area contributed by atoms with Crippen LogP contribution in [0.25, 0.3) is 0 Å². The number of rotatable bonds is 10. The predicted octanol–water partition coefficient (Wildman–Crippen LogP) is 3.34. The summed E-state index contributed by atoms with van der Waals surface area (Å²) in [6.45, 7) is -0.868. The van der Waals surface area contributed by atoms with Crippen molar-refractivity contribution in [3.63, 3.8) is 0 Å². The molecule has 6 atom stereocenters. The molecular weight excluding hydrogens is 467 g/mol. The Kier molecular flexibility index (Phi) is 8.35. The lowest BCUT2D eigenvalue weighted by atomic mass is 9.84. The number of benzene rings is 3. The van der Waals surface area contributed by atoms with Crippen molar-refractivity contribution in [1.82, 2.24) is 0 Å². The van der Waals surface area contributed by atoms with Crippen molar-refractivity contribution < 1.29 is 38.7 Å². The van der Waals surface area contributed by atoms with E-state index in [0.29, 0.717) is 11.3 Å². The molecule has 0 amide bonds. The maximum atomic E-state index is 14.8. The molecule has 36 heavy (non-hydrogen) atoms. The summed E-state index contributed by atoms with van der Waals surface area (Å²) >= 11 is 0.